The Morgan fingerprint density at radius 1 is 1.05 bits per heavy atom. The summed E-state index contributed by atoms with van der Waals surface area (Å²) in [4.78, 5) is 0.0783. The molecule has 0 saturated heterocycles. The second kappa shape index (κ2) is 6.77. The number of hydrogen-bond donors (Lipinski definition) is 1. The van der Waals surface area contributed by atoms with E-state index in [1.54, 1.807) is 6.07 Å². The smallest absolute Gasteiger partial charge is 0.282 e. The number of hydrogen-bond acceptors (Lipinski definition) is 2. The van der Waals surface area contributed by atoms with E-state index in [1.807, 2.05) is 36.4 Å². The van der Waals surface area contributed by atoms with Crippen LogP contribution in [0.1, 0.15) is 23.6 Å². The molecule has 0 heterocycles. The first-order valence-corrected chi connectivity index (χ1v) is 11.2. The Morgan fingerprint density at radius 3 is 2.18 bits per heavy atom. The van der Waals surface area contributed by atoms with Crippen LogP contribution in [0, 0.1) is 0 Å². The minimum absolute atomic E-state index is 0.0783. The predicted octanol–water partition coefficient (Wildman–Crippen LogP) is 3.05. The van der Waals surface area contributed by atoms with Gasteiger partial charge in [0.15, 0.2) is 0 Å². The summed E-state index contributed by atoms with van der Waals surface area (Å²) in [5.41, 5.74) is 3.36. The summed E-state index contributed by atoms with van der Waals surface area (Å²) in [6.45, 7) is 6.18. The van der Waals surface area contributed by atoms with Gasteiger partial charge in [-0.2, -0.15) is 8.42 Å². The standard InChI is InChI=1S/C17H21O3SSi/c1-4-14-10-11-16(21(18,19)20)17(22(2)3)15(14)12-13-8-6-5-7-9-13/h5-11H,4,12H2,1-3H3,(H,18,19,20). The zero-order valence-electron chi connectivity index (χ0n) is 13.1. The van der Waals surface area contributed by atoms with E-state index in [0.717, 1.165) is 28.3 Å². The Bertz CT molecular complexity index is 753. The van der Waals surface area contributed by atoms with Crippen molar-refractivity contribution < 1.29 is 13.0 Å². The van der Waals surface area contributed by atoms with E-state index in [-0.39, 0.29) is 4.90 Å². The average Bonchev–Trinajstić information content (AvgIpc) is 2.46. The quantitative estimate of drug-likeness (QED) is 0.676. The summed E-state index contributed by atoms with van der Waals surface area (Å²) >= 11 is 0. The molecule has 0 atom stereocenters. The van der Waals surface area contributed by atoms with Gasteiger partial charge < -0.3 is 0 Å². The summed E-state index contributed by atoms with van der Waals surface area (Å²) in [5.74, 6) is 0. The topological polar surface area (TPSA) is 54.4 Å². The molecular weight excluding hydrogens is 312 g/mol. The number of benzene rings is 2. The van der Waals surface area contributed by atoms with E-state index < -0.39 is 18.9 Å². The van der Waals surface area contributed by atoms with Crippen molar-refractivity contribution in [1.29, 1.82) is 0 Å². The molecule has 1 radical (unpaired) electrons. The Labute approximate surface area is 134 Å². The summed E-state index contributed by atoms with van der Waals surface area (Å²) in [6.07, 6.45) is 1.54. The third-order valence-corrected chi connectivity index (χ3v) is 6.40. The van der Waals surface area contributed by atoms with Crippen LogP contribution in [-0.4, -0.2) is 21.8 Å². The maximum absolute atomic E-state index is 11.7. The van der Waals surface area contributed by atoms with Gasteiger partial charge in [0.1, 0.15) is 0 Å². The Kier molecular flexibility index (Phi) is 5.21. The Morgan fingerprint density at radius 2 is 1.68 bits per heavy atom. The lowest BCUT2D eigenvalue weighted by molar-refractivity contribution is 0.483. The summed E-state index contributed by atoms with van der Waals surface area (Å²) in [5, 5.41) is 0.829. The lowest BCUT2D eigenvalue weighted by Crippen LogP contribution is -2.33. The van der Waals surface area contributed by atoms with Crippen LogP contribution in [0.4, 0.5) is 0 Å². The third kappa shape index (κ3) is 3.66. The Balaban J connectivity index is 2.68. The van der Waals surface area contributed by atoms with Gasteiger partial charge in [-0.3, -0.25) is 4.55 Å². The van der Waals surface area contributed by atoms with Crippen molar-refractivity contribution in [2.45, 2.75) is 37.8 Å². The maximum Gasteiger partial charge on any atom is 0.294 e. The predicted molar refractivity (Wildman–Crippen MR) is 92.0 cm³/mol. The molecule has 0 unspecified atom stereocenters. The largest absolute Gasteiger partial charge is 0.294 e. The molecule has 0 spiro atoms. The van der Waals surface area contributed by atoms with Gasteiger partial charge in [-0.05, 0) is 40.8 Å². The van der Waals surface area contributed by atoms with Crippen LogP contribution in [0.3, 0.4) is 0 Å². The number of aryl methyl sites for hydroxylation is 1. The molecule has 22 heavy (non-hydrogen) atoms. The van der Waals surface area contributed by atoms with E-state index in [4.69, 9.17) is 0 Å². The molecule has 0 amide bonds. The van der Waals surface area contributed by atoms with Crippen LogP contribution in [0.25, 0.3) is 0 Å². The van der Waals surface area contributed by atoms with Crippen LogP contribution in [0.5, 0.6) is 0 Å². The van der Waals surface area contributed by atoms with Crippen LogP contribution >= 0.6 is 0 Å². The third-order valence-electron chi connectivity index (χ3n) is 3.75. The molecule has 0 bridgehead atoms. The van der Waals surface area contributed by atoms with Crippen molar-refractivity contribution in [1.82, 2.24) is 0 Å². The van der Waals surface area contributed by atoms with E-state index in [9.17, 15) is 13.0 Å². The first-order chi connectivity index (χ1) is 10.3. The highest BCUT2D eigenvalue weighted by Crippen LogP contribution is 2.19. The molecule has 1 N–H and O–H groups in total. The molecule has 2 aromatic rings. The van der Waals surface area contributed by atoms with Gasteiger partial charge in [-0.1, -0.05) is 56.4 Å². The van der Waals surface area contributed by atoms with E-state index in [2.05, 4.69) is 20.0 Å². The Hall–Kier alpha value is -1.43. The highest BCUT2D eigenvalue weighted by atomic mass is 32.2. The van der Waals surface area contributed by atoms with Gasteiger partial charge in [0.05, 0.1) is 13.7 Å². The molecule has 3 nitrogen and oxygen atoms in total. The molecule has 0 saturated carbocycles. The summed E-state index contributed by atoms with van der Waals surface area (Å²) in [7, 11) is -5.24. The second-order valence-corrected chi connectivity index (χ2v) is 9.46. The SMILES string of the molecule is CCc1ccc(S(=O)(=O)O)c([Si](C)C)c1Cc1ccccc1. The van der Waals surface area contributed by atoms with Gasteiger partial charge in [0, 0.05) is 0 Å². The van der Waals surface area contributed by atoms with Gasteiger partial charge in [0.2, 0.25) is 0 Å². The van der Waals surface area contributed by atoms with Crippen molar-refractivity contribution in [2.75, 3.05) is 0 Å². The zero-order valence-corrected chi connectivity index (χ0v) is 14.9. The van der Waals surface area contributed by atoms with Crippen LogP contribution in [-0.2, 0) is 23.0 Å². The molecule has 0 aromatic heterocycles. The fraction of sp³-hybridized carbons (Fsp3) is 0.294. The van der Waals surface area contributed by atoms with Gasteiger partial charge in [-0.25, -0.2) is 0 Å². The summed E-state index contributed by atoms with van der Waals surface area (Å²) < 4.78 is 33.0. The van der Waals surface area contributed by atoms with Crippen molar-refractivity contribution in [3.8, 4) is 0 Å². The highest BCUT2D eigenvalue weighted by molar-refractivity contribution is 7.86. The van der Waals surface area contributed by atoms with Crippen molar-refractivity contribution >= 4 is 24.1 Å². The molecule has 0 fully saturated rings. The fourth-order valence-electron chi connectivity index (χ4n) is 2.77. The van der Waals surface area contributed by atoms with E-state index >= 15 is 0 Å². The zero-order chi connectivity index (χ0) is 16.3. The molecule has 0 aliphatic heterocycles. The van der Waals surface area contributed by atoms with Crippen LogP contribution < -0.4 is 5.19 Å². The molecule has 117 valence electrons. The lowest BCUT2D eigenvalue weighted by atomic mass is 9.98. The van der Waals surface area contributed by atoms with Crippen LogP contribution in [0.15, 0.2) is 47.4 Å². The van der Waals surface area contributed by atoms with E-state index in [0.29, 0.717) is 6.42 Å². The highest BCUT2D eigenvalue weighted by Gasteiger charge is 2.23. The van der Waals surface area contributed by atoms with Crippen molar-refractivity contribution in [2.24, 2.45) is 0 Å². The normalized spacial score (nSPS) is 11.9. The number of rotatable bonds is 5. The molecule has 0 aliphatic carbocycles. The van der Waals surface area contributed by atoms with Crippen molar-refractivity contribution in [3.05, 3.63) is 59.2 Å². The minimum Gasteiger partial charge on any atom is -0.282 e. The molecule has 0 aliphatic rings. The van der Waals surface area contributed by atoms with Gasteiger partial charge >= 0.3 is 0 Å². The first-order valence-electron chi connectivity index (χ1n) is 7.31. The first kappa shape index (κ1) is 16.9. The maximum atomic E-state index is 11.7. The molecule has 2 aromatic carbocycles. The second-order valence-electron chi connectivity index (χ2n) is 5.57. The monoisotopic (exact) mass is 333 g/mol. The van der Waals surface area contributed by atoms with E-state index in [1.165, 1.54) is 0 Å². The van der Waals surface area contributed by atoms with Gasteiger partial charge in [-0.15, -0.1) is 0 Å². The van der Waals surface area contributed by atoms with Crippen molar-refractivity contribution in [3.63, 3.8) is 0 Å². The molecule has 2 rings (SSSR count). The lowest BCUT2D eigenvalue weighted by Gasteiger charge is -2.19. The van der Waals surface area contributed by atoms with Crippen LogP contribution in [0.2, 0.25) is 13.1 Å². The van der Waals surface area contributed by atoms with Gasteiger partial charge in [0.25, 0.3) is 10.1 Å². The summed E-state index contributed by atoms with van der Waals surface area (Å²) in [6, 6.07) is 13.4. The average molecular weight is 334 g/mol. The molecular formula is C17H21O3SSi. The molecule has 5 heteroatoms. The fourth-order valence-corrected chi connectivity index (χ4v) is 5.81. The minimum atomic E-state index is -4.19.